The molecule has 2 fully saturated rings. The standard InChI is InChI=1S/C27H30F3N3O4S/c1-16-7-8-17(2)33(16)24(35)20-11-9-19(10-12-20)18(3)31-25(36)26(13-14-26)32-23(34)21-5-4-6-22(15-21)38(37)27(28,29)30/h4-6,9-12,15-18H,7-8,13-14H2,1-3H3,(H,31,36)(H,32,34)/t16?,17?,18-,38?/m1/s1. The Kier molecular flexibility index (Phi) is 7.69. The molecule has 0 radical (unpaired) electrons. The van der Waals surface area contributed by atoms with Crippen LogP contribution in [0.15, 0.2) is 53.4 Å². The van der Waals surface area contributed by atoms with Gasteiger partial charge < -0.3 is 15.5 Å². The average Bonchev–Trinajstić information content (AvgIpc) is 3.59. The van der Waals surface area contributed by atoms with E-state index in [0.717, 1.165) is 30.5 Å². The van der Waals surface area contributed by atoms with E-state index in [1.807, 2.05) is 18.7 Å². The molecule has 0 aromatic heterocycles. The van der Waals surface area contributed by atoms with Gasteiger partial charge in [-0.05, 0) is 82.3 Å². The van der Waals surface area contributed by atoms with Gasteiger partial charge in [-0.25, -0.2) is 4.21 Å². The molecule has 1 aliphatic heterocycles. The minimum atomic E-state index is -4.95. The van der Waals surface area contributed by atoms with Gasteiger partial charge in [-0.1, -0.05) is 18.2 Å². The Morgan fingerprint density at radius 1 is 1.00 bits per heavy atom. The Morgan fingerprint density at radius 2 is 1.61 bits per heavy atom. The maximum Gasteiger partial charge on any atom is 0.475 e. The van der Waals surface area contributed by atoms with Crippen molar-refractivity contribution in [1.29, 1.82) is 0 Å². The Hall–Kier alpha value is -3.21. The number of alkyl halides is 3. The molecule has 3 unspecified atom stereocenters. The van der Waals surface area contributed by atoms with Crippen molar-refractivity contribution in [2.45, 2.75) is 80.5 Å². The second-order valence-electron chi connectivity index (χ2n) is 10.1. The van der Waals surface area contributed by atoms with Crippen LogP contribution >= 0.6 is 0 Å². The first-order chi connectivity index (χ1) is 17.8. The Labute approximate surface area is 221 Å². The van der Waals surface area contributed by atoms with E-state index in [2.05, 4.69) is 10.6 Å². The molecule has 11 heteroatoms. The molecule has 7 nitrogen and oxygen atoms in total. The Morgan fingerprint density at radius 3 is 2.16 bits per heavy atom. The number of amides is 3. The van der Waals surface area contributed by atoms with Crippen LogP contribution in [0.5, 0.6) is 0 Å². The normalized spacial score (nSPS) is 21.9. The SMILES string of the molecule is CC1CCC(C)N1C(=O)c1ccc([C@@H](C)NC(=O)C2(NC(=O)c3cccc(S(=O)C(F)(F)F)c3)CC2)cc1. The number of hydrogen-bond donors (Lipinski definition) is 2. The first-order valence-electron chi connectivity index (χ1n) is 12.5. The number of nitrogens with zero attached hydrogens (tertiary/aromatic N) is 1. The van der Waals surface area contributed by atoms with Crippen LogP contribution in [0.4, 0.5) is 13.2 Å². The van der Waals surface area contributed by atoms with Crippen LogP contribution in [0.1, 0.15) is 78.8 Å². The summed E-state index contributed by atoms with van der Waals surface area (Å²) >= 11 is 0. The summed E-state index contributed by atoms with van der Waals surface area (Å²) in [7, 11) is -3.27. The van der Waals surface area contributed by atoms with Crippen LogP contribution < -0.4 is 10.6 Å². The third-order valence-electron chi connectivity index (χ3n) is 7.25. The van der Waals surface area contributed by atoms with E-state index in [4.69, 9.17) is 0 Å². The van der Waals surface area contributed by atoms with Gasteiger partial charge in [0.2, 0.25) is 5.91 Å². The van der Waals surface area contributed by atoms with Gasteiger partial charge in [0.1, 0.15) is 5.54 Å². The first-order valence-corrected chi connectivity index (χ1v) is 13.6. The maximum atomic E-state index is 13.0. The second-order valence-corrected chi connectivity index (χ2v) is 11.6. The van der Waals surface area contributed by atoms with Crippen molar-refractivity contribution in [2.75, 3.05) is 0 Å². The number of halogens is 3. The predicted molar refractivity (Wildman–Crippen MR) is 136 cm³/mol. The maximum absolute atomic E-state index is 13.0. The van der Waals surface area contributed by atoms with E-state index in [-0.39, 0.29) is 23.6 Å². The van der Waals surface area contributed by atoms with Gasteiger partial charge in [-0.15, -0.1) is 0 Å². The van der Waals surface area contributed by atoms with Gasteiger partial charge in [0, 0.05) is 28.1 Å². The molecule has 1 aliphatic carbocycles. The van der Waals surface area contributed by atoms with E-state index in [1.165, 1.54) is 12.1 Å². The molecule has 1 saturated heterocycles. The smallest absolute Gasteiger partial charge is 0.348 e. The fraction of sp³-hybridized carbons (Fsp3) is 0.444. The lowest BCUT2D eigenvalue weighted by Crippen LogP contribution is -2.49. The number of hydrogen-bond acceptors (Lipinski definition) is 4. The van der Waals surface area contributed by atoms with E-state index >= 15 is 0 Å². The Bertz CT molecular complexity index is 1250. The van der Waals surface area contributed by atoms with Crippen LogP contribution in [0.25, 0.3) is 0 Å². The van der Waals surface area contributed by atoms with Crippen molar-refractivity contribution < 1.29 is 31.8 Å². The van der Waals surface area contributed by atoms with Gasteiger partial charge in [0.25, 0.3) is 11.8 Å². The molecule has 3 amide bonds. The van der Waals surface area contributed by atoms with Crippen LogP contribution in [0.3, 0.4) is 0 Å². The van der Waals surface area contributed by atoms with E-state index < -0.39 is 44.6 Å². The Balaban J connectivity index is 1.38. The molecule has 0 spiro atoms. The third kappa shape index (κ3) is 5.77. The summed E-state index contributed by atoms with van der Waals surface area (Å²) < 4.78 is 50.0. The topological polar surface area (TPSA) is 95.6 Å². The van der Waals surface area contributed by atoms with Crippen molar-refractivity contribution in [3.05, 3.63) is 65.2 Å². The van der Waals surface area contributed by atoms with Crippen molar-refractivity contribution in [3.8, 4) is 0 Å². The summed E-state index contributed by atoms with van der Waals surface area (Å²) in [5.41, 5.74) is -4.87. The number of nitrogens with one attached hydrogen (secondary N) is 2. The van der Waals surface area contributed by atoms with Crippen LogP contribution in [-0.2, 0) is 15.6 Å². The lowest BCUT2D eigenvalue weighted by atomic mass is 10.0. The monoisotopic (exact) mass is 549 g/mol. The number of benzene rings is 2. The molecule has 2 aliphatic rings. The number of carbonyl (C=O) groups is 3. The highest BCUT2D eigenvalue weighted by Crippen LogP contribution is 2.37. The molecular formula is C27H30F3N3O4S. The minimum Gasteiger partial charge on any atom is -0.348 e. The molecule has 0 bridgehead atoms. The first kappa shape index (κ1) is 27.8. The van der Waals surface area contributed by atoms with Crippen molar-refractivity contribution in [3.63, 3.8) is 0 Å². The van der Waals surface area contributed by atoms with Crippen molar-refractivity contribution in [1.82, 2.24) is 15.5 Å². The molecule has 38 heavy (non-hydrogen) atoms. The summed E-state index contributed by atoms with van der Waals surface area (Å²) in [6.45, 7) is 5.87. The zero-order valence-electron chi connectivity index (χ0n) is 21.3. The van der Waals surface area contributed by atoms with E-state index in [0.29, 0.717) is 18.4 Å². The van der Waals surface area contributed by atoms with E-state index in [1.54, 1.807) is 31.2 Å². The van der Waals surface area contributed by atoms with Gasteiger partial charge in [0.05, 0.1) is 6.04 Å². The van der Waals surface area contributed by atoms with Gasteiger partial charge >= 0.3 is 5.51 Å². The number of rotatable bonds is 7. The molecular weight excluding hydrogens is 519 g/mol. The molecule has 4 atom stereocenters. The number of carbonyl (C=O) groups excluding carboxylic acids is 3. The fourth-order valence-electron chi connectivity index (χ4n) is 4.79. The molecule has 2 aromatic rings. The predicted octanol–water partition coefficient (Wildman–Crippen LogP) is 4.47. The molecule has 2 aromatic carbocycles. The summed E-state index contributed by atoms with van der Waals surface area (Å²) in [6.07, 6.45) is 2.71. The largest absolute Gasteiger partial charge is 0.475 e. The van der Waals surface area contributed by atoms with Crippen molar-refractivity contribution >= 4 is 28.5 Å². The fourth-order valence-corrected chi connectivity index (χ4v) is 5.49. The van der Waals surface area contributed by atoms with Crippen LogP contribution in [0.2, 0.25) is 0 Å². The highest BCUT2D eigenvalue weighted by molar-refractivity contribution is 7.86. The average molecular weight is 550 g/mol. The van der Waals surface area contributed by atoms with E-state index in [9.17, 15) is 31.8 Å². The molecule has 1 heterocycles. The van der Waals surface area contributed by atoms with Crippen LogP contribution in [0, 0.1) is 0 Å². The third-order valence-corrected chi connectivity index (χ3v) is 8.35. The summed E-state index contributed by atoms with van der Waals surface area (Å²) in [5, 5.41) is 5.50. The highest BCUT2D eigenvalue weighted by Gasteiger charge is 2.51. The minimum absolute atomic E-state index is 0.0199. The van der Waals surface area contributed by atoms with Crippen LogP contribution in [-0.4, -0.2) is 50.0 Å². The molecule has 204 valence electrons. The quantitative estimate of drug-likeness (QED) is 0.533. The second kappa shape index (κ2) is 10.5. The van der Waals surface area contributed by atoms with Crippen molar-refractivity contribution in [2.24, 2.45) is 0 Å². The lowest BCUT2D eigenvalue weighted by molar-refractivity contribution is -0.124. The van der Waals surface area contributed by atoms with Gasteiger partial charge in [-0.2, -0.15) is 13.2 Å². The summed E-state index contributed by atoms with van der Waals surface area (Å²) in [6, 6.07) is 11.5. The lowest BCUT2D eigenvalue weighted by Gasteiger charge is -2.26. The zero-order valence-corrected chi connectivity index (χ0v) is 22.1. The summed E-state index contributed by atoms with van der Waals surface area (Å²) in [4.78, 5) is 40.1. The molecule has 4 rings (SSSR count). The summed E-state index contributed by atoms with van der Waals surface area (Å²) in [5.74, 6) is -1.15. The van der Waals surface area contributed by atoms with Gasteiger partial charge in [-0.3, -0.25) is 14.4 Å². The molecule has 1 saturated carbocycles. The highest BCUT2D eigenvalue weighted by atomic mass is 32.2. The zero-order chi connectivity index (χ0) is 27.8. The van der Waals surface area contributed by atoms with Gasteiger partial charge in [0.15, 0.2) is 10.8 Å². The number of likely N-dealkylation sites (tertiary alicyclic amines) is 1. The molecule has 2 N–H and O–H groups in total.